The summed E-state index contributed by atoms with van der Waals surface area (Å²) in [6.45, 7) is 3.04. The number of nitrogens with one attached hydrogen (secondary N) is 2. The van der Waals surface area contributed by atoms with E-state index in [1.165, 1.54) is 0 Å². The highest BCUT2D eigenvalue weighted by Crippen LogP contribution is 2.33. The first-order chi connectivity index (χ1) is 9.67. The predicted octanol–water partition coefficient (Wildman–Crippen LogP) is 0.337. The number of H-pyrrole nitrogens is 1. The number of nitrogens with zero attached hydrogens (tertiary/aromatic N) is 2. The topological polar surface area (TPSA) is 81.2 Å². The molecule has 1 amide bonds. The summed E-state index contributed by atoms with van der Waals surface area (Å²) in [5.41, 5.74) is 0.498. The number of fused-ring (bicyclic) bond motifs is 1. The fraction of sp³-hybridized carbons (Fsp3) is 0.714. The summed E-state index contributed by atoms with van der Waals surface area (Å²) in [5.74, 6) is 0.349. The normalized spacial score (nSPS) is 28.6. The molecule has 1 aromatic heterocycles. The van der Waals surface area contributed by atoms with Crippen molar-refractivity contribution in [3.63, 3.8) is 0 Å². The van der Waals surface area contributed by atoms with Gasteiger partial charge >= 0.3 is 0 Å². The van der Waals surface area contributed by atoms with E-state index < -0.39 is 5.60 Å². The molecule has 0 aromatic carbocycles. The zero-order valence-corrected chi connectivity index (χ0v) is 12.9. The maximum Gasteiger partial charge on any atom is 0.222 e. The number of aryl methyl sites for hydroxylation is 1. The highest BCUT2D eigenvalue weighted by Gasteiger charge is 2.43. The first-order valence-electron chi connectivity index (χ1n) is 7.36. The van der Waals surface area contributed by atoms with Crippen LogP contribution in [0.3, 0.4) is 0 Å². The van der Waals surface area contributed by atoms with Crippen molar-refractivity contribution in [1.82, 2.24) is 20.4 Å². The quantitative estimate of drug-likeness (QED) is 0.751. The molecule has 2 aliphatic rings. The first kappa shape index (κ1) is 16.3. The number of likely N-dealkylation sites (tertiary alicyclic amines) is 1. The fourth-order valence-electron chi connectivity index (χ4n) is 3.27. The molecule has 1 aromatic rings. The van der Waals surface area contributed by atoms with Crippen molar-refractivity contribution in [2.75, 3.05) is 26.2 Å². The van der Waals surface area contributed by atoms with E-state index >= 15 is 0 Å². The van der Waals surface area contributed by atoms with Crippen molar-refractivity contribution < 1.29 is 9.90 Å². The zero-order chi connectivity index (χ0) is 14.0. The van der Waals surface area contributed by atoms with Crippen molar-refractivity contribution in [3.8, 4) is 0 Å². The van der Waals surface area contributed by atoms with Gasteiger partial charge in [0.1, 0.15) is 0 Å². The van der Waals surface area contributed by atoms with Crippen LogP contribution in [-0.4, -0.2) is 57.9 Å². The lowest BCUT2D eigenvalue weighted by Crippen LogP contribution is -2.59. The van der Waals surface area contributed by atoms with Gasteiger partial charge < -0.3 is 15.3 Å². The second-order valence-corrected chi connectivity index (χ2v) is 5.95. The number of amides is 1. The third-order valence-corrected chi connectivity index (χ3v) is 4.68. The van der Waals surface area contributed by atoms with Crippen molar-refractivity contribution in [2.45, 2.75) is 31.3 Å². The van der Waals surface area contributed by atoms with Crippen molar-refractivity contribution in [3.05, 3.63) is 18.0 Å². The minimum Gasteiger partial charge on any atom is -0.389 e. The lowest BCUT2D eigenvalue weighted by Gasteiger charge is -2.47. The average molecular weight is 315 g/mol. The number of carbonyl (C=O) groups is 1. The summed E-state index contributed by atoms with van der Waals surface area (Å²) < 4.78 is 0. The van der Waals surface area contributed by atoms with E-state index in [2.05, 4.69) is 15.5 Å². The van der Waals surface area contributed by atoms with Gasteiger partial charge in [0.2, 0.25) is 5.91 Å². The van der Waals surface area contributed by atoms with Gasteiger partial charge in [-0.25, -0.2) is 0 Å². The number of aromatic amines is 1. The van der Waals surface area contributed by atoms with E-state index in [0.717, 1.165) is 31.5 Å². The zero-order valence-electron chi connectivity index (χ0n) is 12.0. The van der Waals surface area contributed by atoms with Crippen LogP contribution in [0, 0.1) is 5.92 Å². The van der Waals surface area contributed by atoms with Crippen molar-refractivity contribution >= 4 is 18.3 Å². The average Bonchev–Trinajstić information content (AvgIpc) is 2.97. The summed E-state index contributed by atoms with van der Waals surface area (Å²) in [4.78, 5) is 14.2. The highest BCUT2D eigenvalue weighted by atomic mass is 35.5. The molecular formula is C14H23ClN4O2. The van der Waals surface area contributed by atoms with E-state index in [9.17, 15) is 9.90 Å². The Morgan fingerprint density at radius 1 is 1.52 bits per heavy atom. The van der Waals surface area contributed by atoms with Crippen LogP contribution in [0.4, 0.5) is 0 Å². The predicted molar refractivity (Wildman–Crippen MR) is 81.3 cm³/mol. The molecule has 2 aliphatic heterocycles. The number of aliphatic hydroxyl groups is 1. The Morgan fingerprint density at radius 3 is 3.14 bits per heavy atom. The van der Waals surface area contributed by atoms with E-state index in [1.54, 1.807) is 6.20 Å². The highest BCUT2D eigenvalue weighted by molar-refractivity contribution is 5.85. The van der Waals surface area contributed by atoms with Crippen molar-refractivity contribution in [2.24, 2.45) is 5.92 Å². The number of halogens is 1. The Labute approximate surface area is 130 Å². The molecule has 7 heteroatoms. The van der Waals surface area contributed by atoms with E-state index in [-0.39, 0.29) is 24.2 Å². The Balaban J connectivity index is 0.00000161. The van der Waals surface area contributed by atoms with Gasteiger partial charge in [0, 0.05) is 38.2 Å². The Bertz CT molecular complexity index is 468. The SMILES string of the molecule is Cl.O=C(CCc1cn[nH]c1)N1CC[C@@]2(O)CCNC[C@H]2C1. The summed E-state index contributed by atoms with van der Waals surface area (Å²) in [5, 5.41) is 20.5. The number of aromatic nitrogens is 2. The van der Waals surface area contributed by atoms with Crippen molar-refractivity contribution in [1.29, 1.82) is 0 Å². The molecule has 2 saturated heterocycles. The number of piperidine rings is 2. The number of hydrogen-bond donors (Lipinski definition) is 3. The molecule has 0 unspecified atom stereocenters. The van der Waals surface area contributed by atoms with Crippen LogP contribution in [0.5, 0.6) is 0 Å². The van der Waals surface area contributed by atoms with Crippen LogP contribution in [0.25, 0.3) is 0 Å². The smallest absolute Gasteiger partial charge is 0.222 e. The maximum atomic E-state index is 12.3. The molecule has 0 aliphatic carbocycles. The number of rotatable bonds is 3. The van der Waals surface area contributed by atoms with Crippen LogP contribution in [0.2, 0.25) is 0 Å². The second kappa shape index (κ2) is 6.77. The summed E-state index contributed by atoms with van der Waals surface area (Å²) in [7, 11) is 0. The molecule has 3 N–H and O–H groups in total. The summed E-state index contributed by atoms with van der Waals surface area (Å²) in [6.07, 6.45) is 6.32. The monoisotopic (exact) mass is 314 g/mol. The van der Waals surface area contributed by atoms with Crippen LogP contribution < -0.4 is 5.32 Å². The molecule has 2 atom stereocenters. The van der Waals surface area contributed by atoms with Gasteiger partial charge in [-0.3, -0.25) is 9.89 Å². The van der Waals surface area contributed by atoms with Crippen LogP contribution >= 0.6 is 12.4 Å². The van der Waals surface area contributed by atoms with Gasteiger partial charge in [-0.2, -0.15) is 5.10 Å². The third kappa shape index (κ3) is 3.56. The second-order valence-electron chi connectivity index (χ2n) is 5.95. The van der Waals surface area contributed by atoms with E-state index in [4.69, 9.17) is 0 Å². The van der Waals surface area contributed by atoms with Crippen LogP contribution in [0.15, 0.2) is 12.4 Å². The number of carbonyl (C=O) groups excluding carboxylic acids is 1. The Morgan fingerprint density at radius 2 is 2.38 bits per heavy atom. The largest absolute Gasteiger partial charge is 0.389 e. The fourth-order valence-corrected chi connectivity index (χ4v) is 3.27. The first-order valence-corrected chi connectivity index (χ1v) is 7.36. The molecule has 21 heavy (non-hydrogen) atoms. The summed E-state index contributed by atoms with van der Waals surface area (Å²) >= 11 is 0. The summed E-state index contributed by atoms with van der Waals surface area (Å²) in [6, 6.07) is 0. The molecule has 3 heterocycles. The molecule has 3 rings (SSSR count). The Hall–Kier alpha value is -1.11. The van der Waals surface area contributed by atoms with Gasteiger partial charge in [-0.15, -0.1) is 12.4 Å². The van der Waals surface area contributed by atoms with Gasteiger partial charge in [0.15, 0.2) is 0 Å². The maximum absolute atomic E-state index is 12.3. The lowest BCUT2D eigenvalue weighted by atomic mass is 9.76. The molecule has 118 valence electrons. The van der Waals surface area contributed by atoms with Gasteiger partial charge in [0.25, 0.3) is 0 Å². The van der Waals surface area contributed by atoms with E-state index in [1.807, 2.05) is 11.1 Å². The molecular weight excluding hydrogens is 292 g/mol. The molecule has 0 saturated carbocycles. The Kier molecular flexibility index (Phi) is 5.24. The molecule has 0 bridgehead atoms. The standard InChI is InChI=1S/C14H22N4O2.ClH/c19-13(2-1-11-7-16-17-8-11)18-6-4-14(20)3-5-15-9-12(14)10-18;/h7-8,12,15,20H,1-6,9-10H2,(H,16,17);1H/t12-,14-;/m0./s1. The lowest BCUT2D eigenvalue weighted by molar-refractivity contribution is -0.142. The molecule has 0 spiro atoms. The van der Waals surface area contributed by atoms with Gasteiger partial charge in [0.05, 0.1) is 11.8 Å². The molecule has 0 radical (unpaired) electrons. The minimum atomic E-state index is -0.563. The number of hydrogen-bond acceptors (Lipinski definition) is 4. The van der Waals surface area contributed by atoms with Gasteiger partial charge in [-0.05, 0) is 31.4 Å². The minimum absolute atomic E-state index is 0. The van der Waals surface area contributed by atoms with Gasteiger partial charge in [-0.1, -0.05) is 0 Å². The van der Waals surface area contributed by atoms with Crippen LogP contribution in [0.1, 0.15) is 24.8 Å². The third-order valence-electron chi connectivity index (χ3n) is 4.68. The van der Waals surface area contributed by atoms with Crippen LogP contribution in [-0.2, 0) is 11.2 Å². The molecule has 2 fully saturated rings. The van der Waals surface area contributed by atoms with E-state index in [0.29, 0.717) is 25.9 Å². The molecule has 6 nitrogen and oxygen atoms in total.